The van der Waals surface area contributed by atoms with E-state index in [1.54, 1.807) is 13.0 Å². The Labute approximate surface area is 84.5 Å². The number of carbonyl (C=O) groups is 1. The number of rotatable bonds is 1. The van der Waals surface area contributed by atoms with Crippen LogP contribution in [0.15, 0.2) is 16.6 Å². The summed E-state index contributed by atoms with van der Waals surface area (Å²) in [7, 11) is 1.32. The number of esters is 1. The van der Waals surface area contributed by atoms with Crippen molar-refractivity contribution in [3.8, 4) is 5.75 Å². The molecule has 0 unspecified atom stereocenters. The molecule has 0 aromatic heterocycles. The Morgan fingerprint density at radius 3 is 2.62 bits per heavy atom. The maximum Gasteiger partial charge on any atom is 0.337 e. The van der Waals surface area contributed by atoms with E-state index in [0.29, 0.717) is 15.6 Å². The molecule has 0 aliphatic heterocycles. The fourth-order valence-corrected chi connectivity index (χ4v) is 1.53. The van der Waals surface area contributed by atoms with Crippen molar-refractivity contribution in [2.75, 3.05) is 7.11 Å². The van der Waals surface area contributed by atoms with Crippen LogP contribution in [0.4, 0.5) is 0 Å². The zero-order valence-electron chi connectivity index (χ0n) is 7.30. The minimum Gasteiger partial charge on any atom is -0.506 e. The van der Waals surface area contributed by atoms with E-state index >= 15 is 0 Å². The normalized spacial score (nSPS) is 9.77. The summed E-state index contributed by atoms with van der Waals surface area (Å²) in [5, 5.41) is 9.39. The Bertz CT molecular complexity index is 324. The molecule has 0 fully saturated rings. The van der Waals surface area contributed by atoms with Crippen LogP contribution in [0.2, 0.25) is 0 Å². The third-order valence-corrected chi connectivity index (χ3v) is 2.28. The topological polar surface area (TPSA) is 46.5 Å². The summed E-state index contributed by atoms with van der Waals surface area (Å²) in [5.74, 6) is -0.267. The molecule has 13 heavy (non-hydrogen) atoms. The standard InChI is InChI=1S/C9H9BrO3/c1-5-3-6(9(12)13-2)4-7(10)8(5)11/h3-4,11H,1-2H3. The molecule has 1 aromatic carbocycles. The summed E-state index contributed by atoms with van der Waals surface area (Å²) in [5.41, 5.74) is 1.06. The summed E-state index contributed by atoms with van der Waals surface area (Å²) in [6.45, 7) is 1.71. The van der Waals surface area contributed by atoms with Crippen molar-refractivity contribution in [2.24, 2.45) is 0 Å². The maximum atomic E-state index is 11.1. The van der Waals surface area contributed by atoms with Gasteiger partial charge in [-0.3, -0.25) is 0 Å². The van der Waals surface area contributed by atoms with Crippen molar-refractivity contribution in [1.82, 2.24) is 0 Å². The summed E-state index contributed by atoms with van der Waals surface area (Å²) in [4.78, 5) is 11.1. The number of aromatic hydroxyl groups is 1. The highest BCUT2D eigenvalue weighted by Gasteiger charge is 2.10. The first-order chi connectivity index (χ1) is 6.06. The van der Waals surface area contributed by atoms with E-state index in [1.165, 1.54) is 13.2 Å². The zero-order chi connectivity index (χ0) is 10.0. The minimum atomic E-state index is -0.413. The molecule has 0 atom stereocenters. The lowest BCUT2D eigenvalue weighted by molar-refractivity contribution is 0.0600. The average molecular weight is 245 g/mol. The SMILES string of the molecule is COC(=O)c1cc(C)c(O)c(Br)c1. The van der Waals surface area contributed by atoms with Crippen molar-refractivity contribution in [3.63, 3.8) is 0 Å². The van der Waals surface area contributed by atoms with Crippen LogP contribution >= 0.6 is 15.9 Å². The smallest absolute Gasteiger partial charge is 0.337 e. The monoisotopic (exact) mass is 244 g/mol. The molecular weight excluding hydrogens is 236 g/mol. The average Bonchev–Trinajstić information content (AvgIpc) is 2.12. The molecule has 0 bridgehead atoms. The summed E-state index contributed by atoms with van der Waals surface area (Å²) in [6.07, 6.45) is 0. The number of methoxy groups -OCH3 is 1. The second-order valence-electron chi connectivity index (χ2n) is 2.62. The van der Waals surface area contributed by atoms with E-state index in [-0.39, 0.29) is 5.75 Å². The van der Waals surface area contributed by atoms with E-state index in [1.807, 2.05) is 0 Å². The Morgan fingerprint density at radius 1 is 1.54 bits per heavy atom. The molecule has 0 aliphatic carbocycles. The molecule has 0 saturated carbocycles. The fourth-order valence-electron chi connectivity index (χ4n) is 0.972. The van der Waals surface area contributed by atoms with Crippen molar-refractivity contribution >= 4 is 21.9 Å². The maximum absolute atomic E-state index is 11.1. The zero-order valence-corrected chi connectivity index (χ0v) is 8.88. The van der Waals surface area contributed by atoms with Gasteiger partial charge in [0.05, 0.1) is 17.1 Å². The number of halogens is 1. The van der Waals surface area contributed by atoms with Gasteiger partial charge in [-0.1, -0.05) is 0 Å². The van der Waals surface area contributed by atoms with Crippen LogP contribution in [-0.4, -0.2) is 18.2 Å². The summed E-state index contributed by atoms with van der Waals surface area (Å²) in [6, 6.07) is 3.10. The van der Waals surface area contributed by atoms with Crippen molar-refractivity contribution in [2.45, 2.75) is 6.92 Å². The number of carbonyl (C=O) groups excluding carboxylic acids is 1. The van der Waals surface area contributed by atoms with Gasteiger partial charge < -0.3 is 9.84 Å². The van der Waals surface area contributed by atoms with Crippen molar-refractivity contribution in [3.05, 3.63) is 27.7 Å². The molecule has 4 heteroatoms. The molecule has 0 saturated heterocycles. The van der Waals surface area contributed by atoms with Gasteiger partial charge in [-0.15, -0.1) is 0 Å². The van der Waals surface area contributed by atoms with Crippen LogP contribution < -0.4 is 0 Å². The van der Waals surface area contributed by atoms with Gasteiger partial charge in [0.2, 0.25) is 0 Å². The van der Waals surface area contributed by atoms with Crippen LogP contribution in [0.3, 0.4) is 0 Å². The Balaban J connectivity index is 3.20. The third kappa shape index (κ3) is 2.01. The van der Waals surface area contributed by atoms with Crippen LogP contribution in [0.5, 0.6) is 5.75 Å². The van der Waals surface area contributed by atoms with E-state index in [4.69, 9.17) is 0 Å². The number of phenolic OH excluding ortho intramolecular Hbond substituents is 1. The summed E-state index contributed by atoms with van der Waals surface area (Å²) >= 11 is 3.14. The predicted octanol–water partition coefficient (Wildman–Crippen LogP) is 2.25. The van der Waals surface area contributed by atoms with Gasteiger partial charge in [0.1, 0.15) is 5.75 Å². The minimum absolute atomic E-state index is 0.146. The highest BCUT2D eigenvalue weighted by molar-refractivity contribution is 9.10. The molecule has 0 amide bonds. The first kappa shape index (κ1) is 10.1. The van der Waals surface area contributed by atoms with Crippen LogP contribution in [0, 0.1) is 6.92 Å². The van der Waals surface area contributed by atoms with E-state index < -0.39 is 5.97 Å². The van der Waals surface area contributed by atoms with E-state index in [9.17, 15) is 9.90 Å². The fraction of sp³-hybridized carbons (Fsp3) is 0.222. The Morgan fingerprint density at radius 2 is 2.15 bits per heavy atom. The Kier molecular flexibility index (Phi) is 2.93. The lowest BCUT2D eigenvalue weighted by atomic mass is 10.1. The van der Waals surface area contributed by atoms with E-state index in [2.05, 4.69) is 20.7 Å². The van der Waals surface area contributed by atoms with Gasteiger partial charge in [0.15, 0.2) is 0 Å². The molecule has 70 valence electrons. The molecule has 0 spiro atoms. The van der Waals surface area contributed by atoms with Gasteiger partial charge in [0.25, 0.3) is 0 Å². The Hall–Kier alpha value is -1.03. The molecule has 0 radical (unpaired) electrons. The molecule has 0 aliphatic rings. The number of benzene rings is 1. The second kappa shape index (κ2) is 3.79. The number of aryl methyl sites for hydroxylation is 1. The van der Waals surface area contributed by atoms with Gasteiger partial charge in [-0.2, -0.15) is 0 Å². The molecule has 1 rings (SSSR count). The first-order valence-corrected chi connectivity index (χ1v) is 4.43. The largest absolute Gasteiger partial charge is 0.506 e. The lowest BCUT2D eigenvalue weighted by Gasteiger charge is -2.04. The lowest BCUT2D eigenvalue weighted by Crippen LogP contribution is -2.01. The van der Waals surface area contributed by atoms with Crippen molar-refractivity contribution < 1.29 is 14.6 Å². The molecule has 0 heterocycles. The highest BCUT2D eigenvalue weighted by atomic mass is 79.9. The summed E-state index contributed by atoms with van der Waals surface area (Å²) < 4.78 is 5.04. The number of hydrogen-bond donors (Lipinski definition) is 1. The van der Waals surface area contributed by atoms with Gasteiger partial charge in [-0.25, -0.2) is 4.79 Å². The van der Waals surface area contributed by atoms with Gasteiger partial charge in [0, 0.05) is 0 Å². The van der Waals surface area contributed by atoms with Crippen molar-refractivity contribution in [1.29, 1.82) is 0 Å². The first-order valence-electron chi connectivity index (χ1n) is 3.63. The molecule has 1 aromatic rings. The number of phenols is 1. The van der Waals surface area contributed by atoms with Crippen LogP contribution in [-0.2, 0) is 4.74 Å². The van der Waals surface area contributed by atoms with Crippen LogP contribution in [0.1, 0.15) is 15.9 Å². The predicted molar refractivity (Wildman–Crippen MR) is 51.9 cm³/mol. The van der Waals surface area contributed by atoms with Gasteiger partial charge >= 0.3 is 5.97 Å². The quantitative estimate of drug-likeness (QED) is 0.772. The third-order valence-electron chi connectivity index (χ3n) is 1.68. The molecule has 3 nitrogen and oxygen atoms in total. The number of hydrogen-bond acceptors (Lipinski definition) is 3. The number of ether oxygens (including phenoxy) is 1. The second-order valence-corrected chi connectivity index (χ2v) is 3.47. The van der Waals surface area contributed by atoms with Gasteiger partial charge in [-0.05, 0) is 40.5 Å². The molecular formula is C9H9BrO3. The van der Waals surface area contributed by atoms with Crippen LogP contribution in [0.25, 0.3) is 0 Å². The van der Waals surface area contributed by atoms with E-state index in [0.717, 1.165) is 0 Å². The molecule has 1 N–H and O–H groups in total. The highest BCUT2D eigenvalue weighted by Crippen LogP contribution is 2.28.